The highest BCUT2D eigenvalue weighted by molar-refractivity contribution is 5.40. The van der Waals surface area contributed by atoms with Crippen molar-refractivity contribution in [3.63, 3.8) is 0 Å². The normalized spacial score (nSPS) is 11.0. The molecule has 0 atom stereocenters. The zero-order valence-corrected chi connectivity index (χ0v) is 14.9. The van der Waals surface area contributed by atoms with Crippen LogP contribution in [0.2, 0.25) is 0 Å². The zero-order chi connectivity index (χ0) is 15.5. The Hall–Kier alpha value is -0.780. The third kappa shape index (κ3) is 6.24. The molecule has 1 aromatic rings. The van der Waals surface area contributed by atoms with E-state index in [1.54, 1.807) is 22.3 Å². The lowest BCUT2D eigenvalue weighted by atomic mass is 9.88. The standard InChI is InChI=1S/C21H36/c1-5-9-13-19-16-18(12-8-4)17-20(14-10-6-2)21(19)15-11-7-3/h16-17H,5-15H2,1-4H3. The van der Waals surface area contributed by atoms with Crippen molar-refractivity contribution in [3.05, 3.63) is 34.4 Å². The maximum atomic E-state index is 2.53. The largest absolute Gasteiger partial charge is 0.0654 e. The molecule has 1 rings (SSSR count). The molecular formula is C21H36. The number of rotatable bonds is 11. The van der Waals surface area contributed by atoms with Gasteiger partial charge in [0.1, 0.15) is 0 Å². The van der Waals surface area contributed by atoms with E-state index in [0.717, 1.165) is 0 Å². The van der Waals surface area contributed by atoms with E-state index >= 15 is 0 Å². The first-order chi connectivity index (χ1) is 10.3. The summed E-state index contributed by atoms with van der Waals surface area (Å²) in [5.74, 6) is 0. The topological polar surface area (TPSA) is 0 Å². The summed E-state index contributed by atoms with van der Waals surface area (Å²) in [4.78, 5) is 0. The van der Waals surface area contributed by atoms with Crippen LogP contribution in [0.15, 0.2) is 12.1 Å². The molecule has 0 unspecified atom stereocenters. The van der Waals surface area contributed by atoms with E-state index < -0.39 is 0 Å². The molecule has 120 valence electrons. The molecule has 0 amide bonds. The molecule has 0 aliphatic heterocycles. The van der Waals surface area contributed by atoms with Crippen molar-refractivity contribution >= 4 is 0 Å². The molecule has 0 nitrogen and oxygen atoms in total. The lowest BCUT2D eigenvalue weighted by molar-refractivity contribution is 0.731. The number of hydrogen-bond acceptors (Lipinski definition) is 0. The molecule has 1 aromatic carbocycles. The van der Waals surface area contributed by atoms with Gasteiger partial charge in [-0.1, -0.05) is 65.5 Å². The summed E-state index contributed by atoms with van der Waals surface area (Å²) in [7, 11) is 0. The highest BCUT2D eigenvalue weighted by Crippen LogP contribution is 2.24. The SMILES string of the molecule is CCCCc1cc(CCC)cc(CCCC)c1CCCC. The molecule has 0 bridgehead atoms. The quantitative estimate of drug-likeness (QED) is 0.426. The molecule has 0 N–H and O–H groups in total. The Bertz CT molecular complexity index is 360. The van der Waals surface area contributed by atoms with Crippen molar-refractivity contribution < 1.29 is 0 Å². The van der Waals surface area contributed by atoms with Gasteiger partial charge in [-0.25, -0.2) is 0 Å². The van der Waals surface area contributed by atoms with Gasteiger partial charge in [0, 0.05) is 0 Å². The second kappa shape index (κ2) is 10.9. The van der Waals surface area contributed by atoms with Crippen LogP contribution >= 0.6 is 0 Å². The number of unbranched alkanes of at least 4 members (excludes halogenated alkanes) is 3. The summed E-state index contributed by atoms with van der Waals surface area (Å²) in [6.45, 7) is 9.21. The number of hydrogen-bond donors (Lipinski definition) is 0. The van der Waals surface area contributed by atoms with Crippen LogP contribution in [0.3, 0.4) is 0 Å². The van der Waals surface area contributed by atoms with E-state index in [4.69, 9.17) is 0 Å². The summed E-state index contributed by atoms with van der Waals surface area (Å²) < 4.78 is 0. The monoisotopic (exact) mass is 288 g/mol. The molecule has 0 aliphatic rings. The summed E-state index contributed by atoms with van der Waals surface area (Å²) in [5, 5.41) is 0. The van der Waals surface area contributed by atoms with Crippen molar-refractivity contribution in [1.29, 1.82) is 0 Å². The van der Waals surface area contributed by atoms with Crippen LogP contribution in [0.4, 0.5) is 0 Å². The molecule has 0 aromatic heterocycles. The van der Waals surface area contributed by atoms with E-state index in [1.807, 2.05) is 0 Å². The summed E-state index contributed by atoms with van der Waals surface area (Å²) in [5.41, 5.74) is 6.62. The molecule has 0 spiro atoms. The molecule has 0 aliphatic carbocycles. The van der Waals surface area contributed by atoms with Crippen molar-refractivity contribution in [1.82, 2.24) is 0 Å². The lowest BCUT2D eigenvalue weighted by Gasteiger charge is -2.17. The first kappa shape index (κ1) is 18.3. The molecule has 0 radical (unpaired) electrons. The van der Waals surface area contributed by atoms with Crippen LogP contribution in [0.5, 0.6) is 0 Å². The van der Waals surface area contributed by atoms with Crippen molar-refractivity contribution in [2.24, 2.45) is 0 Å². The minimum Gasteiger partial charge on any atom is -0.0654 e. The first-order valence-electron chi connectivity index (χ1n) is 9.40. The molecule has 0 heteroatoms. The van der Waals surface area contributed by atoms with E-state index in [0.29, 0.717) is 0 Å². The molecular weight excluding hydrogens is 252 g/mol. The maximum Gasteiger partial charge on any atom is -0.0274 e. The zero-order valence-electron chi connectivity index (χ0n) is 14.9. The van der Waals surface area contributed by atoms with Crippen LogP contribution in [-0.4, -0.2) is 0 Å². The van der Waals surface area contributed by atoms with E-state index in [-0.39, 0.29) is 0 Å². The molecule has 0 heterocycles. The van der Waals surface area contributed by atoms with Gasteiger partial charge in [-0.05, 0) is 67.2 Å². The molecule has 21 heavy (non-hydrogen) atoms. The Morgan fingerprint density at radius 2 is 1.05 bits per heavy atom. The van der Waals surface area contributed by atoms with Gasteiger partial charge >= 0.3 is 0 Å². The average molecular weight is 289 g/mol. The summed E-state index contributed by atoms with van der Waals surface area (Å²) in [6, 6.07) is 5.05. The van der Waals surface area contributed by atoms with E-state index in [1.165, 1.54) is 70.6 Å². The van der Waals surface area contributed by atoms with Gasteiger partial charge in [0.25, 0.3) is 0 Å². The highest BCUT2D eigenvalue weighted by atomic mass is 14.2. The minimum absolute atomic E-state index is 1.24. The predicted octanol–water partition coefficient (Wildman–Crippen LogP) is 6.67. The van der Waals surface area contributed by atoms with E-state index in [9.17, 15) is 0 Å². The van der Waals surface area contributed by atoms with Crippen molar-refractivity contribution in [2.75, 3.05) is 0 Å². The Morgan fingerprint density at radius 1 is 0.571 bits per heavy atom. The van der Waals surface area contributed by atoms with Crippen LogP contribution in [0.25, 0.3) is 0 Å². The summed E-state index contributed by atoms with van der Waals surface area (Å²) >= 11 is 0. The fourth-order valence-electron chi connectivity index (χ4n) is 3.16. The Kier molecular flexibility index (Phi) is 9.46. The van der Waals surface area contributed by atoms with Crippen LogP contribution in [0.1, 0.15) is 94.9 Å². The molecule has 0 saturated heterocycles. The minimum atomic E-state index is 1.24. The van der Waals surface area contributed by atoms with Gasteiger partial charge in [0.05, 0.1) is 0 Å². The van der Waals surface area contributed by atoms with E-state index in [2.05, 4.69) is 39.8 Å². The third-order valence-electron chi connectivity index (χ3n) is 4.41. The van der Waals surface area contributed by atoms with Gasteiger partial charge in [-0.2, -0.15) is 0 Å². The predicted molar refractivity (Wildman–Crippen MR) is 96.3 cm³/mol. The van der Waals surface area contributed by atoms with Gasteiger partial charge in [0.15, 0.2) is 0 Å². The average Bonchev–Trinajstić information content (AvgIpc) is 2.49. The lowest BCUT2D eigenvalue weighted by Crippen LogP contribution is -2.04. The molecule has 0 fully saturated rings. The smallest absolute Gasteiger partial charge is 0.0274 e. The Balaban J connectivity index is 3.09. The molecule has 0 saturated carbocycles. The summed E-state index contributed by atoms with van der Waals surface area (Å²) in [6.07, 6.45) is 14.3. The fraction of sp³-hybridized carbons (Fsp3) is 0.714. The maximum absolute atomic E-state index is 2.53. The van der Waals surface area contributed by atoms with Gasteiger partial charge in [-0.15, -0.1) is 0 Å². The third-order valence-corrected chi connectivity index (χ3v) is 4.41. The fourth-order valence-corrected chi connectivity index (χ4v) is 3.16. The Labute approximate surface area is 133 Å². The van der Waals surface area contributed by atoms with Crippen molar-refractivity contribution in [3.8, 4) is 0 Å². The van der Waals surface area contributed by atoms with Crippen LogP contribution < -0.4 is 0 Å². The first-order valence-corrected chi connectivity index (χ1v) is 9.40. The van der Waals surface area contributed by atoms with Gasteiger partial charge in [-0.3, -0.25) is 0 Å². The Morgan fingerprint density at radius 3 is 1.48 bits per heavy atom. The van der Waals surface area contributed by atoms with Crippen molar-refractivity contribution in [2.45, 2.75) is 98.3 Å². The number of aryl methyl sites for hydroxylation is 3. The second-order valence-electron chi connectivity index (χ2n) is 6.45. The second-order valence-corrected chi connectivity index (χ2v) is 6.45. The van der Waals surface area contributed by atoms with Gasteiger partial charge < -0.3 is 0 Å². The van der Waals surface area contributed by atoms with Crippen LogP contribution in [0, 0.1) is 0 Å². The number of benzene rings is 1. The van der Waals surface area contributed by atoms with Gasteiger partial charge in [0.2, 0.25) is 0 Å². The van der Waals surface area contributed by atoms with Crippen LogP contribution in [-0.2, 0) is 25.7 Å². The highest BCUT2D eigenvalue weighted by Gasteiger charge is 2.10.